The van der Waals surface area contributed by atoms with Gasteiger partial charge < -0.3 is 9.47 Å². The van der Waals surface area contributed by atoms with Gasteiger partial charge in [0.05, 0.1) is 29.9 Å². The van der Waals surface area contributed by atoms with Crippen molar-refractivity contribution in [3.05, 3.63) is 57.6 Å². The first-order valence-corrected chi connectivity index (χ1v) is 9.77. The molecule has 6 nitrogen and oxygen atoms in total. The highest BCUT2D eigenvalue weighted by Crippen LogP contribution is 2.37. The first-order valence-electron chi connectivity index (χ1n) is 8.57. The largest absolute Gasteiger partial charge is 0.493 e. The molecule has 0 radical (unpaired) electrons. The lowest BCUT2D eigenvalue weighted by atomic mass is 10.1. The molecule has 1 fully saturated rings. The topological polar surface area (TPSA) is 67.9 Å². The molecule has 0 aromatic heterocycles. The third-order valence-corrected chi connectivity index (χ3v) is 5.17. The number of thiocarbonyl (C=S) groups is 1. The number of hydrogen-bond donors (Lipinski definition) is 1. The van der Waals surface area contributed by atoms with E-state index in [2.05, 4.69) is 21.2 Å². The Labute approximate surface area is 188 Å². The van der Waals surface area contributed by atoms with E-state index in [1.165, 1.54) is 26.4 Å². The predicted molar refractivity (Wildman–Crippen MR) is 115 cm³/mol. The molecular formula is C20H14BrF3N2O4S. The van der Waals surface area contributed by atoms with Gasteiger partial charge in [0.15, 0.2) is 16.6 Å². The number of benzene rings is 2. The van der Waals surface area contributed by atoms with Gasteiger partial charge in [-0.2, -0.15) is 13.2 Å². The first-order chi connectivity index (χ1) is 14.6. The summed E-state index contributed by atoms with van der Waals surface area (Å²) in [7, 11) is 2.88. The van der Waals surface area contributed by atoms with Gasteiger partial charge in [-0.15, -0.1) is 0 Å². The summed E-state index contributed by atoms with van der Waals surface area (Å²) in [4.78, 5) is 26.3. The number of nitrogens with zero attached hydrogens (tertiary/aromatic N) is 1. The van der Waals surface area contributed by atoms with Gasteiger partial charge in [-0.1, -0.05) is 6.07 Å². The maximum Gasteiger partial charge on any atom is 0.416 e. The van der Waals surface area contributed by atoms with Crippen LogP contribution in [0.25, 0.3) is 6.08 Å². The Morgan fingerprint density at radius 1 is 1.13 bits per heavy atom. The third-order valence-electron chi connectivity index (χ3n) is 4.30. The van der Waals surface area contributed by atoms with Gasteiger partial charge in [-0.3, -0.25) is 19.8 Å². The Balaban J connectivity index is 2.06. The zero-order valence-corrected chi connectivity index (χ0v) is 18.4. The lowest BCUT2D eigenvalue weighted by molar-refractivity contribution is -0.137. The number of ether oxygens (including phenoxy) is 2. The molecule has 0 unspecified atom stereocenters. The Bertz CT molecular complexity index is 1120. The molecule has 11 heteroatoms. The number of hydrogen-bond acceptors (Lipinski definition) is 5. The van der Waals surface area contributed by atoms with E-state index in [9.17, 15) is 22.8 Å². The highest BCUT2D eigenvalue weighted by Gasteiger charge is 2.36. The minimum Gasteiger partial charge on any atom is -0.493 e. The summed E-state index contributed by atoms with van der Waals surface area (Å²) in [6.07, 6.45) is -3.32. The van der Waals surface area contributed by atoms with Gasteiger partial charge in [0.25, 0.3) is 11.8 Å². The smallest absolute Gasteiger partial charge is 0.416 e. The Kier molecular flexibility index (Phi) is 6.37. The van der Waals surface area contributed by atoms with Crippen molar-refractivity contribution in [3.63, 3.8) is 0 Å². The summed E-state index contributed by atoms with van der Waals surface area (Å²) >= 11 is 8.35. The zero-order chi connectivity index (χ0) is 22.9. The number of methoxy groups -OCH3 is 2. The summed E-state index contributed by atoms with van der Waals surface area (Å²) in [5.74, 6) is -0.878. The number of alkyl halides is 3. The molecule has 1 aliphatic rings. The molecule has 2 aromatic carbocycles. The Morgan fingerprint density at radius 3 is 2.45 bits per heavy atom. The van der Waals surface area contributed by atoms with Crippen LogP contribution >= 0.6 is 28.1 Å². The van der Waals surface area contributed by atoms with Gasteiger partial charge in [-0.05, 0) is 70.1 Å². The monoisotopic (exact) mass is 514 g/mol. The van der Waals surface area contributed by atoms with E-state index in [-0.39, 0.29) is 16.4 Å². The molecular weight excluding hydrogens is 501 g/mol. The average Bonchev–Trinajstić information content (AvgIpc) is 2.70. The van der Waals surface area contributed by atoms with Crippen LogP contribution in [0, 0.1) is 0 Å². The Hall–Kier alpha value is -2.92. The highest BCUT2D eigenvalue weighted by molar-refractivity contribution is 9.10. The molecule has 0 spiro atoms. The van der Waals surface area contributed by atoms with Gasteiger partial charge in [0.2, 0.25) is 0 Å². The maximum atomic E-state index is 13.1. The maximum absolute atomic E-state index is 13.1. The van der Waals surface area contributed by atoms with Gasteiger partial charge in [0, 0.05) is 0 Å². The van der Waals surface area contributed by atoms with Crippen molar-refractivity contribution in [2.45, 2.75) is 6.18 Å². The summed E-state index contributed by atoms with van der Waals surface area (Å²) in [6.45, 7) is 0. The number of carbonyl (C=O) groups is 2. The van der Waals surface area contributed by atoms with Gasteiger partial charge >= 0.3 is 6.18 Å². The predicted octanol–water partition coefficient (Wildman–Crippen LogP) is 4.32. The van der Waals surface area contributed by atoms with Crippen LogP contribution in [-0.2, 0) is 15.8 Å². The van der Waals surface area contributed by atoms with Crippen LogP contribution in [0.4, 0.5) is 18.9 Å². The second-order valence-corrected chi connectivity index (χ2v) is 7.49. The number of anilines is 1. The Morgan fingerprint density at radius 2 is 1.84 bits per heavy atom. The van der Waals surface area contributed by atoms with E-state index < -0.39 is 23.6 Å². The fraction of sp³-hybridized carbons (Fsp3) is 0.150. The third kappa shape index (κ3) is 4.57. The molecule has 3 rings (SSSR count). The highest BCUT2D eigenvalue weighted by atomic mass is 79.9. The van der Waals surface area contributed by atoms with Crippen LogP contribution in [0.2, 0.25) is 0 Å². The van der Waals surface area contributed by atoms with Crippen LogP contribution in [-0.4, -0.2) is 31.1 Å². The lowest BCUT2D eigenvalue weighted by Gasteiger charge is -2.29. The van der Waals surface area contributed by atoms with E-state index in [1.54, 1.807) is 12.1 Å². The lowest BCUT2D eigenvalue weighted by Crippen LogP contribution is -2.54. The molecule has 1 N–H and O–H groups in total. The van der Waals surface area contributed by atoms with Crippen LogP contribution in [0.1, 0.15) is 11.1 Å². The number of rotatable bonds is 4. The minimum atomic E-state index is -4.61. The van der Waals surface area contributed by atoms with Crippen LogP contribution < -0.4 is 19.7 Å². The molecule has 0 saturated carbocycles. The van der Waals surface area contributed by atoms with Crippen molar-refractivity contribution in [3.8, 4) is 11.5 Å². The summed E-state index contributed by atoms with van der Waals surface area (Å²) in [6, 6.07) is 7.24. The van der Waals surface area contributed by atoms with E-state index in [0.29, 0.717) is 21.5 Å². The van der Waals surface area contributed by atoms with Gasteiger partial charge in [-0.25, -0.2) is 0 Å². The van der Waals surface area contributed by atoms with Crippen molar-refractivity contribution in [2.75, 3.05) is 19.1 Å². The molecule has 0 atom stereocenters. The molecule has 1 heterocycles. The van der Waals surface area contributed by atoms with Crippen molar-refractivity contribution < 1.29 is 32.2 Å². The summed E-state index contributed by atoms with van der Waals surface area (Å²) in [5.41, 5.74) is -0.971. The van der Waals surface area contributed by atoms with Crippen molar-refractivity contribution in [1.82, 2.24) is 5.32 Å². The summed E-state index contributed by atoms with van der Waals surface area (Å²) in [5, 5.41) is 2.01. The molecule has 0 bridgehead atoms. The fourth-order valence-corrected chi connectivity index (χ4v) is 3.80. The van der Waals surface area contributed by atoms with Gasteiger partial charge in [0.1, 0.15) is 5.57 Å². The molecule has 31 heavy (non-hydrogen) atoms. The standard InChI is InChI=1S/C20H14BrF3N2O4S/c1-29-15-8-10(7-14(21)16(15)30-2)6-13-17(27)25-19(31)26(18(13)28)12-5-3-4-11(9-12)20(22,23)24/h3-9H,1-2H3,(H,25,27,31)/b13-6-. The number of amides is 2. The summed E-state index contributed by atoms with van der Waals surface area (Å²) < 4.78 is 50.2. The molecule has 162 valence electrons. The minimum absolute atomic E-state index is 0.121. The van der Waals surface area contributed by atoms with Crippen LogP contribution in [0.3, 0.4) is 0 Å². The van der Waals surface area contributed by atoms with E-state index in [1.807, 2.05) is 0 Å². The van der Waals surface area contributed by atoms with Crippen molar-refractivity contribution in [1.29, 1.82) is 0 Å². The second-order valence-electron chi connectivity index (χ2n) is 6.24. The quantitative estimate of drug-likeness (QED) is 0.374. The van der Waals surface area contributed by atoms with E-state index in [4.69, 9.17) is 21.7 Å². The van der Waals surface area contributed by atoms with Crippen LogP contribution in [0.15, 0.2) is 46.4 Å². The molecule has 2 amide bonds. The molecule has 0 aliphatic carbocycles. The second kappa shape index (κ2) is 8.67. The number of nitrogens with one attached hydrogen (secondary N) is 1. The zero-order valence-electron chi connectivity index (χ0n) is 16.0. The average molecular weight is 515 g/mol. The molecule has 1 aliphatic heterocycles. The normalized spacial score (nSPS) is 15.9. The SMILES string of the molecule is COc1cc(/C=C2/C(=O)NC(=S)N(c3cccc(C(F)(F)F)c3)C2=O)cc(Br)c1OC. The van der Waals surface area contributed by atoms with E-state index >= 15 is 0 Å². The van der Waals surface area contributed by atoms with Crippen molar-refractivity contribution >= 4 is 56.8 Å². The molecule has 2 aromatic rings. The van der Waals surface area contributed by atoms with E-state index in [0.717, 1.165) is 23.1 Å². The van der Waals surface area contributed by atoms with Crippen molar-refractivity contribution in [2.24, 2.45) is 0 Å². The first kappa shape index (κ1) is 22.8. The van der Waals surface area contributed by atoms with Crippen LogP contribution in [0.5, 0.6) is 11.5 Å². The molecule has 1 saturated heterocycles. The number of carbonyl (C=O) groups excluding carboxylic acids is 2. The fourth-order valence-electron chi connectivity index (χ4n) is 2.90. The number of halogens is 4.